The minimum atomic E-state index is -0.413. The molecule has 0 saturated heterocycles. The van der Waals surface area contributed by atoms with E-state index in [0.29, 0.717) is 0 Å². The van der Waals surface area contributed by atoms with Gasteiger partial charge in [0.05, 0.1) is 0 Å². The highest BCUT2D eigenvalue weighted by Crippen LogP contribution is 2.29. The fourth-order valence-corrected chi connectivity index (χ4v) is 4.24. The van der Waals surface area contributed by atoms with E-state index >= 15 is 0 Å². The molecule has 1 unspecified atom stereocenters. The first kappa shape index (κ1) is 18.5. The standard InChI is InChI=1S/C23H28N4O/c1-16-13-17-10-11-20(14-21(17)25-16)27(2)22(18-7-6-12-24-15-18)23(28)26-19-8-4-3-5-9-19/h6-7,10-15,19,22,25H,3-5,8-9H2,1-2H3,(H,26,28). The van der Waals surface area contributed by atoms with Gasteiger partial charge in [0.1, 0.15) is 6.04 Å². The number of H-pyrrole nitrogens is 1. The summed E-state index contributed by atoms with van der Waals surface area (Å²) in [6.07, 6.45) is 9.34. The van der Waals surface area contributed by atoms with E-state index in [-0.39, 0.29) is 11.9 Å². The van der Waals surface area contributed by atoms with E-state index in [1.165, 1.54) is 24.6 Å². The van der Waals surface area contributed by atoms with Crippen LogP contribution in [0.3, 0.4) is 0 Å². The molecule has 0 aliphatic heterocycles. The Balaban J connectivity index is 1.64. The molecule has 2 N–H and O–H groups in total. The molecule has 0 spiro atoms. The topological polar surface area (TPSA) is 61.0 Å². The number of carbonyl (C=O) groups excluding carboxylic acids is 1. The summed E-state index contributed by atoms with van der Waals surface area (Å²) in [6, 6.07) is 12.2. The number of fused-ring (bicyclic) bond motifs is 1. The largest absolute Gasteiger partial charge is 0.359 e. The van der Waals surface area contributed by atoms with E-state index in [1.54, 1.807) is 12.4 Å². The van der Waals surface area contributed by atoms with Crippen molar-refractivity contribution in [1.29, 1.82) is 0 Å². The van der Waals surface area contributed by atoms with Crippen molar-refractivity contribution in [2.24, 2.45) is 0 Å². The van der Waals surface area contributed by atoms with Gasteiger partial charge in [-0.3, -0.25) is 9.78 Å². The van der Waals surface area contributed by atoms with Gasteiger partial charge < -0.3 is 15.2 Å². The Bertz CT molecular complexity index is 944. The Labute approximate surface area is 166 Å². The molecule has 0 radical (unpaired) electrons. The number of aromatic amines is 1. The van der Waals surface area contributed by atoms with Crippen molar-refractivity contribution in [1.82, 2.24) is 15.3 Å². The number of nitrogens with zero attached hydrogens (tertiary/aromatic N) is 2. The molecule has 146 valence electrons. The smallest absolute Gasteiger partial charge is 0.247 e. The molecule has 1 aromatic carbocycles. The maximum atomic E-state index is 13.3. The van der Waals surface area contributed by atoms with Crippen molar-refractivity contribution < 1.29 is 4.79 Å². The molecule has 2 aromatic heterocycles. The van der Waals surface area contributed by atoms with Crippen molar-refractivity contribution in [3.05, 3.63) is 60.0 Å². The monoisotopic (exact) mass is 376 g/mol. The van der Waals surface area contributed by atoms with Gasteiger partial charge in [-0.15, -0.1) is 0 Å². The van der Waals surface area contributed by atoms with Crippen LogP contribution < -0.4 is 10.2 Å². The number of aryl methyl sites for hydroxylation is 1. The normalized spacial score (nSPS) is 16.1. The van der Waals surface area contributed by atoms with Crippen LogP contribution in [0.1, 0.15) is 49.4 Å². The maximum absolute atomic E-state index is 13.3. The van der Waals surface area contributed by atoms with Crippen LogP contribution in [0.15, 0.2) is 48.8 Å². The average molecular weight is 377 g/mol. The van der Waals surface area contributed by atoms with Crippen LogP contribution in [-0.2, 0) is 4.79 Å². The van der Waals surface area contributed by atoms with E-state index in [1.807, 2.05) is 24.1 Å². The molecule has 2 heterocycles. The minimum absolute atomic E-state index is 0.0464. The third-order valence-corrected chi connectivity index (χ3v) is 5.74. The maximum Gasteiger partial charge on any atom is 0.247 e. The fourth-order valence-electron chi connectivity index (χ4n) is 4.24. The van der Waals surface area contributed by atoms with Crippen molar-refractivity contribution in [2.45, 2.75) is 51.1 Å². The zero-order chi connectivity index (χ0) is 19.5. The van der Waals surface area contributed by atoms with Gasteiger partial charge in [-0.2, -0.15) is 0 Å². The Kier molecular flexibility index (Phi) is 5.33. The predicted octanol–water partition coefficient (Wildman–Crippen LogP) is 4.50. The number of carbonyl (C=O) groups is 1. The van der Waals surface area contributed by atoms with Crippen LogP contribution in [0.25, 0.3) is 10.9 Å². The SMILES string of the molecule is Cc1cc2ccc(N(C)C(C(=O)NC3CCCCC3)c3cccnc3)cc2[nH]1. The van der Waals surface area contributed by atoms with E-state index in [2.05, 4.69) is 46.5 Å². The summed E-state index contributed by atoms with van der Waals surface area (Å²) in [5, 5.41) is 4.47. The summed E-state index contributed by atoms with van der Waals surface area (Å²) < 4.78 is 0. The summed E-state index contributed by atoms with van der Waals surface area (Å²) in [7, 11) is 1.98. The second kappa shape index (κ2) is 8.05. The first-order valence-corrected chi connectivity index (χ1v) is 10.1. The highest BCUT2D eigenvalue weighted by Gasteiger charge is 2.28. The van der Waals surface area contributed by atoms with Gasteiger partial charge in [0.25, 0.3) is 0 Å². The molecular weight excluding hydrogens is 348 g/mol. The lowest BCUT2D eigenvalue weighted by atomic mass is 9.95. The van der Waals surface area contributed by atoms with Gasteiger partial charge in [0, 0.05) is 47.9 Å². The second-order valence-corrected chi connectivity index (χ2v) is 7.87. The van der Waals surface area contributed by atoms with E-state index in [0.717, 1.165) is 35.3 Å². The number of benzene rings is 1. The van der Waals surface area contributed by atoms with Gasteiger partial charge in [0.15, 0.2) is 0 Å². The Hall–Kier alpha value is -2.82. The van der Waals surface area contributed by atoms with Crippen molar-refractivity contribution in [3.8, 4) is 0 Å². The lowest BCUT2D eigenvalue weighted by molar-refractivity contribution is -0.123. The Morgan fingerprint density at radius 3 is 2.79 bits per heavy atom. The van der Waals surface area contributed by atoms with Crippen molar-refractivity contribution in [3.63, 3.8) is 0 Å². The number of hydrogen-bond donors (Lipinski definition) is 2. The van der Waals surface area contributed by atoms with Crippen LogP contribution in [-0.4, -0.2) is 29.0 Å². The number of likely N-dealkylation sites (N-methyl/N-ethyl adjacent to an activating group) is 1. The third kappa shape index (κ3) is 3.88. The molecule has 28 heavy (non-hydrogen) atoms. The van der Waals surface area contributed by atoms with E-state index in [4.69, 9.17) is 0 Å². The van der Waals surface area contributed by atoms with Crippen molar-refractivity contribution >= 4 is 22.5 Å². The molecular formula is C23H28N4O. The minimum Gasteiger partial charge on any atom is -0.359 e. The highest BCUT2D eigenvalue weighted by atomic mass is 16.2. The molecule has 1 saturated carbocycles. The van der Waals surface area contributed by atoms with Crippen molar-refractivity contribution in [2.75, 3.05) is 11.9 Å². The number of amides is 1. The van der Waals surface area contributed by atoms with Gasteiger partial charge in [0.2, 0.25) is 5.91 Å². The zero-order valence-electron chi connectivity index (χ0n) is 16.6. The number of anilines is 1. The van der Waals surface area contributed by atoms with Crippen LogP contribution in [0.2, 0.25) is 0 Å². The Morgan fingerprint density at radius 2 is 2.04 bits per heavy atom. The molecule has 1 aliphatic carbocycles. The zero-order valence-corrected chi connectivity index (χ0v) is 16.6. The van der Waals surface area contributed by atoms with E-state index < -0.39 is 6.04 Å². The lowest BCUT2D eigenvalue weighted by Crippen LogP contribution is -2.44. The molecule has 1 atom stereocenters. The first-order chi connectivity index (χ1) is 13.6. The molecule has 1 aliphatic rings. The summed E-state index contributed by atoms with van der Waals surface area (Å²) in [5.74, 6) is 0.0464. The second-order valence-electron chi connectivity index (χ2n) is 7.87. The van der Waals surface area contributed by atoms with Crippen LogP contribution in [0, 0.1) is 6.92 Å². The third-order valence-electron chi connectivity index (χ3n) is 5.74. The average Bonchev–Trinajstić information content (AvgIpc) is 3.09. The quantitative estimate of drug-likeness (QED) is 0.689. The predicted molar refractivity (Wildman–Crippen MR) is 113 cm³/mol. The summed E-state index contributed by atoms with van der Waals surface area (Å²) in [6.45, 7) is 2.06. The number of rotatable bonds is 5. The highest BCUT2D eigenvalue weighted by molar-refractivity contribution is 5.89. The Morgan fingerprint density at radius 1 is 1.21 bits per heavy atom. The molecule has 3 aromatic rings. The fraction of sp³-hybridized carbons (Fsp3) is 0.391. The summed E-state index contributed by atoms with van der Waals surface area (Å²) in [4.78, 5) is 23.0. The number of pyridine rings is 1. The van der Waals surface area contributed by atoms with Gasteiger partial charge >= 0.3 is 0 Å². The van der Waals surface area contributed by atoms with E-state index in [9.17, 15) is 4.79 Å². The molecule has 5 heteroatoms. The molecule has 1 amide bonds. The van der Waals surface area contributed by atoms with Gasteiger partial charge in [-0.1, -0.05) is 31.4 Å². The molecule has 0 bridgehead atoms. The van der Waals surface area contributed by atoms with Crippen LogP contribution in [0.5, 0.6) is 0 Å². The first-order valence-electron chi connectivity index (χ1n) is 10.1. The van der Waals surface area contributed by atoms with Crippen LogP contribution in [0.4, 0.5) is 5.69 Å². The van der Waals surface area contributed by atoms with Crippen LogP contribution >= 0.6 is 0 Å². The lowest BCUT2D eigenvalue weighted by Gasteiger charge is -2.32. The summed E-state index contributed by atoms with van der Waals surface area (Å²) in [5.41, 5.74) is 4.12. The molecule has 5 nitrogen and oxygen atoms in total. The number of hydrogen-bond acceptors (Lipinski definition) is 3. The summed E-state index contributed by atoms with van der Waals surface area (Å²) >= 11 is 0. The van der Waals surface area contributed by atoms with Gasteiger partial charge in [-0.05, 0) is 49.4 Å². The number of nitrogens with one attached hydrogen (secondary N) is 2. The molecule has 4 rings (SSSR count). The molecule has 1 fully saturated rings. The number of aromatic nitrogens is 2. The van der Waals surface area contributed by atoms with Gasteiger partial charge in [-0.25, -0.2) is 0 Å².